The van der Waals surface area contributed by atoms with Crippen LogP contribution in [0.3, 0.4) is 0 Å². The van der Waals surface area contributed by atoms with Gasteiger partial charge in [-0.2, -0.15) is 0 Å². The second-order valence-corrected chi connectivity index (χ2v) is 6.90. The predicted molar refractivity (Wildman–Crippen MR) is 81.3 cm³/mol. The molecule has 2 rings (SSSR count). The zero-order valence-electron chi connectivity index (χ0n) is 13.3. The first kappa shape index (κ1) is 15.8. The van der Waals surface area contributed by atoms with Crippen molar-refractivity contribution in [2.75, 3.05) is 0 Å². The summed E-state index contributed by atoms with van der Waals surface area (Å²) < 4.78 is 5.34. The van der Waals surface area contributed by atoms with Crippen molar-refractivity contribution in [2.45, 2.75) is 53.1 Å². The van der Waals surface area contributed by atoms with Crippen LogP contribution >= 0.6 is 0 Å². The van der Waals surface area contributed by atoms with Gasteiger partial charge in [0.1, 0.15) is 6.10 Å². The van der Waals surface area contributed by atoms with Gasteiger partial charge in [0.05, 0.1) is 6.42 Å². The molecule has 1 saturated heterocycles. The number of fused-ring (bicyclic) bond motifs is 1. The van der Waals surface area contributed by atoms with Gasteiger partial charge in [0.15, 0.2) is 5.78 Å². The van der Waals surface area contributed by atoms with Gasteiger partial charge in [-0.15, -0.1) is 11.8 Å². The average molecular weight is 288 g/mol. The summed E-state index contributed by atoms with van der Waals surface area (Å²) in [6.45, 7) is 7.80. The lowest BCUT2D eigenvalue weighted by atomic mass is 9.82. The minimum Gasteiger partial charge on any atom is -0.462 e. The molecule has 1 saturated carbocycles. The number of ketones is 1. The third kappa shape index (κ3) is 3.37. The molecule has 0 N–H and O–H groups in total. The van der Waals surface area contributed by atoms with E-state index in [0.29, 0.717) is 18.8 Å². The van der Waals surface area contributed by atoms with Crippen molar-refractivity contribution in [1.29, 1.82) is 0 Å². The number of carbonyl (C=O) groups excluding carboxylic acids is 2. The quantitative estimate of drug-likeness (QED) is 0.453. The van der Waals surface area contributed by atoms with E-state index < -0.39 is 5.41 Å². The molecule has 0 aromatic heterocycles. The Kier molecular flexibility index (Phi) is 4.56. The van der Waals surface area contributed by atoms with Crippen molar-refractivity contribution < 1.29 is 14.3 Å². The van der Waals surface area contributed by atoms with Gasteiger partial charge in [0.2, 0.25) is 0 Å². The molecule has 1 heterocycles. The fraction of sp³-hybridized carbons (Fsp3) is 0.667. The molecule has 1 aliphatic carbocycles. The Morgan fingerprint density at radius 1 is 1.48 bits per heavy atom. The molecule has 3 nitrogen and oxygen atoms in total. The van der Waals surface area contributed by atoms with Gasteiger partial charge >= 0.3 is 5.97 Å². The minimum absolute atomic E-state index is 0.0521. The predicted octanol–water partition coefficient (Wildman–Crippen LogP) is 3.14. The van der Waals surface area contributed by atoms with E-state index in [4.69, 9.17) is 4.74 Å². The molecule has 3 heteroatoms. The Hall–Kier alpha value is -1.56. The second kappa shape index (κ2) is 6.05. The number of carbonyl (C=O) groups is 2. The Labute approximate surface area is 127 Å². The lowest BCUT2D eigenvalue weighted by Crippen LogP contribution is -2.22. The zero-order chi connectivity index (χ0) is 15.6. The molecule has 1 aliphatic heterocycles. The molecule has 0 aromatic carbocycles. The molecule has 0 aromatic rings. The van der Waals surface area contributed by atoms with E-state index >= 15 is 0 Å². The summed E-state index contributed by atoms with van der Waals surface area (Å²) in [5.74, 6) is 6.79. The minimum atomic E-state index is -0.456. The summed E-state index contributed by atoms with van der Waals surface area (Å²) in [5, 5.41) is 0. The Bertz CT molecular complexity index is 518. The summed E-state index contributed by atoms with van der Waals surface area (Å²) >= 11 is 0. The van der Waals surface area contributed by atoms with Gasteiger partial charge < -0.3 is 4.74 Å². The largest absolute Gasteiger partial charge is 0.462 e. The fourth-order valence-electron chi connectivity index (χ4n) is 3.33. The Morgan fingerprint density at radius 2 is 2.19 bits per heavy atom. The van der Waals surface area contributed by atoms with Gasteiger partial charge in [-0.1, -0.05) is 26.8 Å². The maximum absolute atomic E-state index is 12.3. The zero-order valence-corrected chi connectivity index (χ0v) is 13.3. The number of rotatable bonds is 4. The third-order valence-electron chi connectivity index (χ3n) is 4.76. The monoisotopic (exact) mass is 288 g/mol. The van der Waals surface area contributed by atoms with Crippen molar-refractivity contribution in [2.24, 2.45) is 23.2 Å². The lowest BCUT2D eigenvalue weighted by molar-refractivity contribution is -0.141. The standard InChI is InChI=1S/C18H24O3/c1-5-6-9-18(3,4)16(19)8-7-13-12(2)10-15-14(13)11-17(20)21-15/h7-8,12-15H,9-11H2,1-4H3/b8-7+/t12-,13+,14-,15+/m1/s1. The van der Waals surface area contributed by atoms with Gasteiger partial charge in [-0.05, 0) is 31.3 Å². The summed E-state index contributed by atoms with van der Waals surface area (Å²) in [4.78, 5) is 23.7. The van der Waals surface area contributed by atoms with Crippen LogP contribution in [-0.2, 0) is 14.3 Å². The van der Waals surface area contributed by atoms with Crippen molar-refractivity contribution in [3.8, 4) is 11.8 Å². The number of allylic oxidation sites excluding steroid dienone is 2. The van der Waals surface area contributed by atoms with Crippen molar-refractivity contribution in [1.82, 2.24) is 0 Å². The lowest BCUT2D eigenvalue weighted by Gasteiger charge is -2.19. The van der Waals surface area contributed by atoms with Crippen LogP contribution < -0.4 is 0 Å². The molecule has 0 bridgehead atoms. The molecular formula is C18H24O3. The Balaban J connectivity index is 2.04. The Morgan fingerprint density at radius 3 is 2.86 bits per heavy atom. The van der Waals surface area contributed by atoms with Crippen LogP contribution in [0.15, 0.2) is 12.2 Å². The van der Waals surface area contributed by atoms with Crippen LogP contribution in [0.5, 0.6) is 0 Å². The number of esters is 1. The van der Waals surface area contributed by atoms with Crippen molar-refractivity contribution in [3.05, 3.63) is 12.2 Å². The SMILES string of the molecule is CC#CCC(C)(C)C(=O)/C=C/[C@@H]1[C@H]2CC(=O)O[C@H]2C[C@H]1C. The summed E-state index contributed by atoms with van der Waals surface area (Å²) in [6.07, 6.45) is 5.72. The van der Waals surface area contributed by atoms with Crippen LogP contribution in [0.1, 0.15) is 47.0 Å². The topological polar surface area (TPSA) is 43.4 Å². The first-order valence-corrected chi connectivity index (χ1v) is 7.67. The van der Waals surface area contributed by atoms with Crippen molar-refractivity contribution >= 4 is 11.8 Å². The highest BCUT2D eigenvalue weighted by molar-refractivity contribution is 5.94. The molecule has 0 spiro atoms. The van der Waals surface area contributed by atoms with E-state index in [1.54, 1.807) is 13.0 Å². The van der Waals surface area contributed by atoms with E-state index in [1.807, 2.05) is 19.9 Å². The van der Waals surface area contributed by atoms with E-state index in [9.17, 15) is 9.59 Å². The second-order valence-electron chi connectivity index (χ2n) is 6.90. The molecule has 2 aliphatic rings. The van der Waals surface area contributed by atoms with Crippen LogP contribution in [-0.4, -0.2) is 17.9 Å². The number of ether oxygens (including phenoxy) is 1. The normalized spacial score (nSPS) is 31.7. The van der Waals surface area contributed by atoms with Gasteiger partial charge in [-0.25, -0.2) is 0 Å². The highest BCUT2D eigenvalue weighted by atomic mass is 16.6. The highest BCUT2D eigenvalue weighted by Crippen LogP contribution is 2.45. The van der Waals surface area contributed by atoms with Crippen LogP contribution in [0.2, 0.25) is 0 Å². The summed E-state index contributed by atoms with van der Waals surface area (Å²) in [7, 11) is 0. The number of hydrogen-bond donors (Lipinski definition) is 0. The molecule has 0 amide bonds. The molecule has 114 valence electrons. The first-order valence-electron chi connectivity index (χ1n) is 7.67. The van der Waals surface area contributed by atoms with Crippen LogP contribution in [0.25, 0.3) is 0 Å². The summed E-state index contributed by atoms with van der Waals surface area (Å²) in [6, 6.07) is 0. The maximum Gasteiger partial charge on any atom is 0.306 e. The maximum atomic E-state index is 12.3. The molecule has 21 heavy (non-hydrogen) atoms. The van der Waals surface area contributed by atoms with Crippen molar-refractivity contribution in [3.63, 3.8) is 0 Å². The summed E-state index contributed by atoms with van der Waals surface area (Å²) in [5.41, 5.74) is -0.456. The highest BCUT2D eigenvalue weighted by Gasteiger charge is 2.47. The fourth-order valence-corrected chi connectivity index (χ4v) is 3.33. The van der Waals surface area contributed by atoms with E-state index in [1.165, 1.54) is 0 Å². The van der Waals surface area contributed by atoms with E-state index in [0.717, 1.165) is 6.42 Å². The van der Waals surface area contributed by atoms with Gasteiger partial charge in [0.25, 0.3) is 0 Å². The van der Waals surface area contributed by atoms with E-state index in [-0.39, 0.29) is 29.7 Å². The molecule has 0 radical (unpaired) electrons. The molecule has 0 unspecified atom stereocenters. The average Bonchev–Trinajstić information content (AvgIpc) is 2.89. The third-order valence-corrected chi connectivity index (χ3v) is 4.76. The molecular weight excluding hydrogens is 264 g/mol. The van der Waals surface area contributed by atoms with Gasteiger partial charge in [0, 0.05) is 17.8 Å². The molecule has 4 atom stereocenters. The molecule has 2 fully saturated rings. The smallest absolute Gasteiger partial charge is 0.306 e. The van der Waals surface area contributed by atoms with E-state index in [2.05, 4.69) is 18.8 Å². The van der Waals surface area contributed by atoms with Crippen LogP contribution in [0, 0.1) is 35.0 Å². The van der Waals surface area contributed by atoms with Gasteiger partial charge in [-0.3, -0.25) is 9.59 Å². The van der Waals surface area contributed by atoms with Crippen LogP contribution in [0.4, 0.5) is 0 Å². The number of hydrogen-bond acceptors (Lipinski definition) is 3. The first-order chi connectivity index (χ1) is 9.85.